The number of fused-ring (bicyclic) bond motifs is 4. The zero-order valence-electron chi connectivity index (χ0n) is 22.9. The predicted molar refractivity (Wildman–Crippen MR) is 180 cm³/mol. The van der Waals surface area contributed by atoms with Crippen LogP contribution in [0.3, 0.4) is 0 Å². The van der Waals surface area contributed by atoms with Crippen LogP contribution in [-0.4, -0.2) is 9.13 Å². The van der Waals surface area contributed by atoms with Gasteiger partial charge in [-0.15, -0.1) is 82.2 Å². The summed E-state index contributed by atoms with van der Waals surface area (Å²) < 4.78 is 4.66. The first-order valence-electron chi connectivity index (χ1n) is 13.5. The Hall–Kier alpha value is -2.98. The van der Waals surface area contributed by atoms with Crippen LogP contribution in [0.25, 0.3) is 54.7 Å². The average molecular weight is 740 g/mol. The van der Waals surface area contributed by atoms with E-state index in [1.54, 1.807) is 0 Å². The fourth-order valence-electron chi connectivity index (χ4n) is 5.80. The number of benzene rings is 4. The van der Waals surface area contributed by atoms with Gasteiger partial charge in [-0.1, -0.05) is 48.5 Å². The van der Waals surface area contributed by atoms with Crippen molar-refractivity contribution < 1.29 is 18.5 Å². The molecule has 0 saturated heterocycles. The van der Waals surface area contributed by atoms with Crippen LogP contribution in [0, 0.1) is 13.8 Å². The molecule has 0 aliphatic rings. The molecule has 0 atom stereocenters. The molecule has 0 N–H and O–H groups in total. The van der Waals surface area contributed by atoms with Crippen molar-refractivity contribution >= 4 is 67.8 Å². The molecule has 0 aliphatic heterocycles. The van der Waals surface area contributed by atoms with E-state index in [2.05, 4.69) is 181 Å². The maximum absolute atomic E-state index is 3.23. The molecule has 41 heavy (non-hydrogen) atoms. The second-order valence-electron chi connectivity index (χ2n) is 10.1. The van der Waals surface area contributed by atoms with Gasteiger partial charge in [-0.05, 0) is 49.5 Å². The van der Waals surface area contributed by atoms with Crippen LogP contribution in [0.2, 0.25) is 0 Å². The molecule has 2 nitrogen and oxygen atoms in total. The number of aromatic nitrogens is 2. The Kier molecular flexibility index (Phi) is 8.58. The zero-order chi connectivity index (χ0) is 28.3. The third kappa shape index (κ3) is 5.73. The molecule has 0 radical (unpaired) electrons. The maximum atomic E-state index is 3.23. The molecule has 0 fully saturated rings. The van der Waals surface area contributed by atoms with Gasteiger partial charge in [-0.3, -0.25) is 0 Å². The van der Waals surface area contributed by atoms with Gasteiger partial charge in [0.1, 0.15) is 0 Å². The van der Waals surface area contributed by atoms with Gasteiger partial charge in [0.25, 0.3) is 0 Å². The molecule has 0 saturated carbocycles. The summed E-state index contributed by atoms with van der Waals surface area (Å²) in [7, 11) is 0. The monoisotopic (exact) mass is 736 g/mol. The van der Waals surface area contributed by atoms with Crippen LogP contribution in [0.4, 0.5) is 0 Å². The summed E-state index contributed by atoms with van der Waals surface area (Å²) >= 11 is 6.32. The second kappa shape index (κ2) is 12.5. The molecule has 8 rings (SSSR count). The molecule has 8 aromatic rings. The molecular formula is C36H28Br2N2Zr. The van der Waals surface area contributed by atoms with Crippen molar-refractivity contribution in [1.29, 1.82) is 0 Å². The Morgan fingerprint density at radius 2 is 0.829 bits per heavy atom. The topological polar surface area (TPSA) is 9.86 Å². The van der Waals surface area contributed by atoms with Crippen molar-refractivity contribution in [2.24, 2.45) is 0 Å². The van der Waals surface area contributed by atoms with E-state index in [4.69, 9.17) is 0 Å². The summed E-state index contributed by atoms with van der Waals surface area (Å²) in [5.74, 6) is 0. The average Bonchev–Trinajstić information content (AvgIpc) is 3.74. The van der Waals surface area contributed by atoms with E-state index >= 15 is 0 Å². The first-order valence-corrected chi connectivity index (χ1v) is 24.7. The van der Waals surface area contributed by atoms with E-state index in [0.29, 0.717) is 0 Å². The molecule has 0 amide bonds. The minimum atomic E-state index is -0.145. The van der Waals surface area contributed by atoms with Crippen molar-refractivity contribution in [2.75, 3.05) is 0 Å². The van der Waals surface area contributed by atoms with Crippen LogP contribution in [0.5, 0.6) is 0 Å². The van der Waals surface area contributed by atoms with Crippen molar-refractivity contribution in [1.82, 2.24) is 9.13 Å². The standard InChI is InChI=1S/2C18H14N.2BrH.Zr/c2*1-13-10-16-8-4-5-9-18(16)19(13)17-11-14-6-2-3-7-15(14)12-17;;;/h2*2-12H,1H3;2*1H;/q2*-1;;;+4/p-2. The molecule has 2 heterocycles. The van der Waals surface area contributed by atoms with Gasteiger partial charge >= 0.3 is 43.0 Å². The molecule has 0 aliphatic carbocycles. The summed E-state index contributed by atoms with van der Waals surface area (Å²) in [6.07, 6.45) is 0. The molecule has 0 bridgehead atoms. The second-order valence-corrected chi connectivity index (χ2v) is 21.5. The van der Waals surface area contributed by atoms with Gasteiger partial charge in [0.15, 0.2) is 0 Å². The minimum absolute atomic E-state index is 0.145. The fourth-order valence-corrected chi connectivity index (χ4v) is 5.80. The number of para-hydroxylation sites is 2. The van der Waals surface area contributed by atoms with Gasteiger partial charge in [-0.25, -0.2) is 0 Å². The third-order valence-corrected chi connectivity index (χ3v) is 7.51. The summed E-state index contributed by atoms with van der Waals surface area (Å²) in [5.41, 5.74) is 7.60. The summed E-state index contributed by atoms with van der Waals surface area (Å²) in [6.45, 7) is 4.33. The van der Waals surface area contributed by atoms with Gasteiger partial charge in [-0.2, -0.15) is 0 Å². The number of nitrogens with zero attached hydrogens (tertiary/aromatic N) is 2. The van der Waals surface area contributed by atoms with Gasteiger partial charge < -0.3 is 9.13 Å². The van der Waals surface area contributed by atoms with Gasteiger partial charge in [0.2, 0.25) is 0 Å². The van der Waals surface area contributed by atoms with E-state index < -0.39 is 0 Å². The van der Waals surface area contributed by atoms with Crippen LogP contribution < -0.4 is 0 Å². The molecule has 200 valence electrons. The van der Waals surface area contributed by atoms with Crippen molar-refractivity contribution in [3.63, 3.8) is 0 Å². The van der Waals surface area contributed by atoms with Crippen LogP contribution in [0.1, 0.15) is 11.4 Å². The number of hydrogen-bond acceptors (Lipinski definition) is 0. The normalized spacial score (nSPS) is 10.8. The van der Waals surface area contributed by atoms with E-state index in [-0.39, 0.29) is 18.5 Å². The molecule has 6 aromatic carbocycles. The number of halogens is 2. The zero-order valence-corrected chi connectivity index (χ0v) is 28.5. The SMILES string of the molecule is Cc1cc2ccccc2n1-c1cc2ccccc2[cH-]1.Cc1cc2ccccc2n1-c1cc2ccccc2[cH-]1.[Br][Zr+2][Br]. The van der Waals surface area contributed by atoms with E-state index in [1.807, 2.05) is 0 Å². The van der Waals surface area contributed by atoms with Crippen molar-refractivity contribution in [3.8, 4) is 11.4 Å². The number of aryl methyl sites for hydroxylation is 2. The number of rotatable bonds is 2. The first kappa shape index (κ1) is 28.2. The number of hydrogen-bond donors (Lipinski definition) is 0. The summed E-state index contributed by atoms with van der Waals surface area (Å²) in [6, 6.07) is 47.6. The molecule has 2 aromatic heterocycles. The molecular weight excluding hydrogens is 711 g/mol. The van der Waals surface area contributed by atoms with Crippen LogP contribution >= 0.6 is 24.4 Å². The van der Waals surface area contributed by atoms with E-state index in [0.717, 1.165) is 0 Å². The Labute approximate surface area is 263 Å². The quantitative estimate of drug-likeness (QED) is 0.156. The van der Waals surface area contributed by atoms with E-state index in [1.165, 1.54) is 66.1 Å². The van der Waals surface area contributed by atoms with E-state index in [9.17, 15) is 0 Å². The van der Waals surface area contributed by atoms with Crippen LogP contribution in [0.15, 0.2) is 133 Å². The van der Waals surface area contributed by atoms with Gasteiger partial charge in [0.05, 0.1) is 11.0 Å². The van der Waals surface area contributed by atoms with Gasteiger partial charge in [0, 0.05) is 22.2 Å². The summed E-state index contributed by atoms with van der Waals surface area (Å²) in [4.78, 5) is 0. The summed E-state index contributed by atoms with van der Waals surface area (Å²) in [5, 5.41) is 7.80. The Balaban J connectivity index is 0.000000135. The van der Waals surface area contributed by atoms with Crippen molar-refractivity contribution in [2.45, 2.75) is 13.8 Å². The Morgan fingerprint density at radius 3 is 1.22 bits per heavy atom. The molecule has 0 spiro atoms. The fraction of sp³-hybridized carbons (Fsp3) is 0.0556. The van der Waals surface area contributed by atoms with Crippen LogP contribution in [-0.2, 0) is 18.5 Å². The molecule has 0 unspecified atom stereocenters. The third-order valence-electron chi connectivity index (χ3n) is 7.51. The predicted octanol–water partition coefficient (Wildman–Crippen LogP) is 11.3. The first-order chi connectivity index (χ1) is 20.1. The molecule has 5 heteroatoms. The van der Waals surface area contributed by atoms with Crippen molar-refractivity contribution in [3.05, 3.63) is 145 Å². The Bertz CT molecular complexity index is 1870. The Morgan fingerprint density at radius 1 is 0.488 bits per heavy atom.